The molecule has 0 fully saturated rings. The number of aromatic nitrogens is 1. The van der Waals surface area contributed by atoms with Gasteiger partial charge in [0, 0.05) is 6.20 Å². The molecule has 0 spiro atoms. The molecule has 2 nitrogen and oxygen atoms in total. The highest BCUT2D eigenvalue weighted by molar-refractivity contribution is 6.08. The Kier molecular flexibility index (Phi) is 2.90. The van der Waals surface area contributed by atoms with Gasteiger partial charge in [-0.25, -0.2) is 22.0 Å². The first kappa shape index (κ1) is 12.3. The van der Waals surface area contributed by atoms with E-state index in [1.54, 1.807) is 0 Å². The lowest BCUT2D eigenvalue weighted by Crippen LogP contribution is -2.13. The highest BCUT2D eigenvalue weighted by Gasteiger charge is 2.30. The zero-order chi connectivity index (χ0) is 13.4. The Bertz CT molecular complexity index is 592. The lowest BCUT2D eigenvalue weighted by atomic mass is 10.1. The third-order valence-electron chi connectivity index (χ3n) is 2.28. The first-order chi connectivity index (χ1) is 8.45. The first-order valence-electron chi connectivity index (χ1n) is 4.64. The number of ketones is 1. The number of aromatic amines is 1. The van der Waals surface area contributed by atoms with Gasteiger partial charge in [0.25, 0.3) is 0 Å². The smallest absolute Gasteiger partial charge is 0.215 e. The van der Waals surface area contributed by atoms with Crippen LogP contribution in [0.25, 0.3) is 0 Å². The van der Waals surface area contributed by atoms with Crippen LogP contribution in [0.15, 0.2) is 18.3 Å². The molecule has 0 aliphatic heterocycles. The Labute approximate surface area is 97.1 Å². The molecular formula is C11H4F5NO. The van der Waals surface area contributed by atoms with Gasteiger partial charge < -0.3 is 4.98 Å². The van der Waals surface area contributed by atoms with Gasteiger partial charge in [-0.05, 0) is 12.1 Å². The molecule has 1 N–H and O–H groups in total. The highest BCUT2D eigenvalue weighted by atomic mass is 19.2. The summed E-state index contributed by atoms with van der Waals surface area (Å²) in [7, 11) is 0. The van der Waals surface area contributed by atoms with Gasteiger partial charge in [0.05, 0.1) is 5.69 Å². The van der Waals surface area contributed by atoms with E-state index < -0.39 is 40.4 Å². The average molecular weight is 261 g/mol. The van der Waals surface area contributed by atoms with Crippen molar-refractivity contribution in [3.05, 3.63) is 58.7 Å². The van der Waals surface area contributed by atoms with Crippen molar-refractivity contribution < 1.29 is 26.7 Å². The van der Waals surface area contributed by atoms with Gasteiger partial charge in [-0.15, -0.1) is 0 Å². The highest BCUT2D eigenvalue weighted by Crippen LogP contribution is 2.24. The summed E-state index contributed by atoms with van der Waals surface area (Å²) in [5, 5.41) is 0. The van der Waals surface area contributed by atoms with E-state index in [2.05, 4.69) is 4.98 Å². The average Bonchev–Trinajstić information content (AvgIpc) is 2.88. The molecule has 0 saturated heterocycles. The topological polar surface area (TPSA) is 32.9 Å². The maximum Gasteiger partial charge on any atom is 0.215 e. The minimum atomic E-state index is -2.30. The zero-order valence-electron chi connectivity index (χ0n) is 8.53. The monoisotopic (exact) mass is 261 g/mol. The minimum absolute atomic E-state index is 0.279. The fraction of sp³-hybridized carbons (Fsp3) is 0. The van der Waals surface area contributed by atoms with Crippen LogP contribution in [0, 0.1) is 29.1 Å². The van der Waals surface area contributed by atoms with Crippen molar-refractivity contribution in [3.63, 3.8) is 0 Å². The van der Waals surface area contributed by atoms with Crippen LogP contribution < -0.4 is 0 Å². The number of halogens is 5. The number of H-pyrrole nitrogens is 1. The number of hydrogen-bond acceptors (Lipinski definition) is 1. The third-order valence-corrected chi connectivity index (χ3v) is 2.28. The second kappa shape index (κ2) is 4.25. The predicted molar refractivity (Wildman–Crippen MR) is 50.5 cm³/mol. The van der Waals surface area contributed by atoms with Gasteiger partial charge in [0.2, 0.25) is 11.6 Å². The summed E-state index contributed by atoms with van der Waals surface area (Å²) in [6.45, 7) is 0. The molecule has 0 atom stereocenters. The Morgan fingerprint density at radius 3 is 1.83 bits per heavy atom. The minimum Gasteiger partial charge on any atom is -0.359 e. The fourth-order valence-electron chi connectivity index (χ4n) is 1.41. The molecule has 1 aromatic carbocycles. The van der Waals surface area contributed by atoms with E-state index in [9.17, 15) is 26.7 Å². The predicted octanol–water partition coefficient (Wildman–Crippen LogP) is 2.94. The van der Waals surface area contributed by atoms with Crippen molar-refractivity contribution in [2.75, 3.05) is 0 Å². The molecule has 18 heavy (non-hydrogen) atoms. The fourth-order valence-corrected chi connectivity index (χ4v) is 1.41. The molecule has 2 aromatic rings. The van der Waals surface area contributed by atoms with Crippen molar-refractivity contribution >= 4 is 5.78 Å². The largest absolute Gasteiger partial charge is 0.359 e. The molecule has 0 radical (unpaired) electrons. The van der Waals surface area contributed by atoms with Crippen molar-refractivity contribution in [2.24, 2.45) is 0 Å². The maximum absolute atomic E-state index is 13.3. The second-order valence-electron chi connectivity index (χ2n) is 3.36. The molecule has 0 aliphatic carbocycles. The Hall–Kier alpha value is -2.18. The lowest BCUT2D eigenvalue weighted by Gasteiger charge is -2.06. The number of hydrogen-bond donors (Lipinski definition) is 1. The normalized spacial score (nSPS) is 10.7. The van der Waals surface area contributed by atoms with Crippen molar-refractivity contribution in [1.82, 2.24) is 4.98 Å². The molecule has 1 heterocycles. The van der Waals surface area contributed by atoms with Crippen LogP contribution in [-0.2, 0) is 0 Å². The molecule has 0 aliphatic rings. The number of rotatable bonds is 2. The van der Waals surface area contributed by atoms with Gasteiger partial charge >= 0.3 is 0 Å². The van der Waals surface area contributed by atoms with E-state index in [4.69, 9.17) is 0 Å². The lowest BCUT2D eigenvalue weighted by molar-refractivity contribution is 0.102. The van der Waals surface area contributed by atoms with E-state index in [0.29, 0.717) is 0 Å². The van der Waals surface area contributed by atoms with Crippen LogP contribution in [-0.4, -0.2) is 10.8 Å². The van der Waals surface area contributed by atoms with E-state index >= 15 is 0 Å². The van der Waals surface area contributed by atoms with Gasteiger partial charge in [-0.3, -0.25) is 4.79 Å². The summed E-state index contributed by atoms with van der Waals surface area (Å²) < 4.78 is 65.1. The molecule has 7 heteroatoms. The van der Waals surface area contributed by atoms with E-state index in [-0.39, 0.29) is 5.69 Å². The van der Waals surface area contributed by atoms with Gasteiger partial charge in [-0.1, -0.05) is 0 Å². The van der Waals surface area contributed by atoms with Crippen LogP contribution in [0.3, 0.4) is 0 Å². The molecule has 1 aromatic heterocycles. The van der Waals surface area contributed by atoms with Crippen molar-refractivity contribution in [3.8, 4) is 0 Å². The molecule has 0 saturated carbocycles. The van der Waals surface area contributed by atoms with Crippen LogP contribution in [0.2, 0.25) is 0 Å². The number of carbonyl (C=O) groups is 1. The van der Waals surface area contributed by atoms with Gasteiger partial charge in [0.15, 0.2) is 23.3 Å². The van der Waals surface area contributed by atoms with Crippen LogP contribution in [0.4, 0.5) is 22.0 Å². The number of carbonyl (C=O) groups excluding carboxylic acids is 1. The van der Waals surface area contributed by atoms with E-state index in [0.717, 1.165) is 6.07 Å². The van der Waals surface area contributed by atoms with Crippen molar-refractivity contribution in [2.45, 2.75) is 0 Å². The number of benzene rings is 1. The second-order valence-corrected chi connectivity index (χ2v) is 3.36. The molecule has 94 valence electrons. The summed E-state index contributed by atoms with van der Waals surface area (Å²) in [6, 6.07) is 2.50. The maximum atomic E-state index is 13.3. The summed E-state index contributed by atoms with van der Waals surface area (Å²) in [5.74, 6) is -12.2. The zero-order valence-corrected chi connectivity index (χ0v) is 8.53. The standard InChI is InChI=1S/C11H4F5NO/c12-6-5(11(18)4-2-1-3-17-4)7(13)9(15)10(16)8(6)14/h1-3,17H. The molecule has 0 amide bonds. The third kappa shape index (κ3) is 1.68. The van der Waals surface area contributed by atoms with E-state index in [1.807, 2.05) is 0 Å². The molecule has 0 unspecified atom stereocenters. The SMILES string of the molecule is O=C(c1ccc[nH]1)c1c(F)c(F)c(F)c(F)c1F. The quantitative estimate of drug-likeness (QED) is 0.383. The molecule has 0 bridgehead atoms. The van der Waals surface area contributed by atoms with Gasteiger partial charge in [0.1, 0.15) is 5.56 Å². The Morgan fingerprint density at radius 2 is 1.39 bits per heavy atom. The summed E-state index contributed by atoms with van der Waals surface area (Å²) >= 11 is 0. The Morgan fingerprint density at radius 1 is 0.889 bits per heavy atom. The molecule has 2 rings (SSSR count). The summed E-state index contributed by atoms with van der Waals surface area (Å²) in [6.07, 6.45) is 1.28. The van der Waals surface area contributed by atoms with Crippen LogP contribution in [0.5, 0.6) is 0 Å². The van der Waals surface area contributed by atoms with Crippen molar-refractivity contribution in [1.29, 1.82) is 0 Å². The summed E-state index contributed by atoms with van der Waals surface area (Å²) in [4.78, 5) is 13.9. The van der Waals surface area contributed by atoms with Gasteiger partial charge in [-0.2, -0.15) is 0 Å². The Balaban J connectivity index is 2.69. The summed E-state index contributed by atoms with van der Waals surface area (Å²) in [5.41, 5.74) is -1.76. The van der Waals surface area contributed by atoms with E-state index in [1.165, 1.54) is 12.3 Å². The van der Waals surface area contributed by atoms with Crippen LogP contribution in [0.1, 0.15) is 16.1 Å². The van der Waals surface area contributed by atoms with Crippen LogP contribution >= 0.6 is 0 Å². The molecular weight excluding hydrogens is 257 g/mol. The first-order valence-corrected chi connectivity index (χ1v) is 4.64. The number of nitrogens with one attached hydrogen (secondary N) is 1.